The van der Waals surface area contributed by atoms with Crippen molar-refractivity contribution in [1.82, 2.24) is 0 Å². The van der Waals surface area contributed by atoms with Crippen LogP contribution in [0.25, 0.3) is 0 Å². The Morgan fingerprint density at radius 2 is 1.63 bits per heavy atom. The van der Waals surface area contributed by atoms with Crippen molar-refractivity contribution < 1.29 is 28.4 Å². The quantitative estimate of drug-likeness (QED) is 0.684. The van der Waals surface area contributed by atoms with E-state index in [1.165, 1.54) is 11.1 Å². The fourth-order valence-corrected chi connectivity index (χ4v) is 4.96. The third-order valence-corrected chi connectivity index (χ3v) is 6.31. The van der Waals surface area contributed by atoms with Gasteiger partial charge in [0.25, 0.3) is 0 Å². The lowest BCUT2D eigenvalue weighted by molar-refractivity contribution is 0.0559. The monoisotopic (exact) mass is 414 g/mol. The molecule has 1 aliphatic heterocycles. The molecule has 2 aliphatic rings. The van der Waals surface area contributed by atoms with Crippen molar-refractivity contribution in [3.63, 3.8) is 0 Å². The van der Waals surface area contributed by atoms with E-state index in [1.807, 2.05) is 0 Å². The summed E-state index contributed by atoms with van der Waals surface area (Å²) < 4.78 is 34.3. The minimum atomic E-state index is 0.0599. The van der Waals surface area contributed by atoms with E-state index >= 15 is 0 Å². The minimum Gasteiger partial charge on any atom is -0.496 e. The third-order valence-electron chi connectivity index (χ3n) is 6.31. The number of hydrogen-bond acceptors (Lipinski definition) is 6. The maximum Gasteiger partial charge on any atom is 0.231 e. The molecule has 0 saturated carbocycles. The molecule has 6 nitrogen and oxygen atoms in total. The summed E-state index contributed by atoms with van der Waals surface area (Å²) >= 11 is 0. The van der Waals surface area contributed by atoms with Gasteiger partial charge in [-0.3, -0.25) is 0 Å². The van der Waals surface area contributed by atoms with Crippen LogP contribution in [0.3, 0.4) is 0 Å². The Morgan fingerprint density at radius 3 is 2.33 bits per heavy atom. The van der Waals surface area contributed by atoms with E-state index < -0.39 is 0 Å². The molecule has 0 aromatic heterocycles. The zero-order valence-corrected chi connectivity index (χ0v) is 18.3. The maximum absolute atomic E-state index is 5.99. The minimum absolute atomic E-state index is 0.0599. The second-order valence-corrected chi connectivity index (χ2v) is 7.96. The lowest BCUT2D eigenvalue weighted by atomic mass is 9.66. The van der Waals surface area contributed by atoms with E-state index in [9.17, 15) is 0 Å². The van der Waals surface area contributed by atoms with Crippen LogP contribution < -0.4 is 18.9 Å². The molecule has 0 spiro atoms. The molecule has 0 N–H and O–H groups in total. The lowest BCUT2D eigenvalue weighted by Crippen LogP contribution is -2.36. The highest BCUT2D eigenvalue weighted by Crippen LogP contribution is 2.55. The van der Waals surface area contributed by atoms with Gasteiger partial charge in [-0.2, -0.15) is 0 Å². The molecule has 1 aliphatic carbocycles. The lowest BCUT2D eigenvalue weighted by Gasteiger charge is -2.40. The summed E-state index contributed by atoms with van der Waals surface area (Å²) in [5.74, 6) is 3.63. The van der Waals surface area contributed by atoms with E-state index in [4.69, 9.17) is 28.4 Å². The molecule has 0 saturated heterocycles. The Bertz CT molecular complexity index is 909. The van der Waals surface area contributed by atoms with Crippen LogP contribution in [-0.2, 0) is 15.9 Å². The van der Waals surface area contributed by atoms with E-state index in [2.05, 4.69) is 31.2 Å². The second kappa shape index (κ2) is 8.74. The molecule has 0 amide bonds. The standard InChI is InChI=1S/C24H30O6/c1-14-6-7-15(9-19(14)27-4)21-18(12-26-3)17(11-25-2)8-16-10-20(28-5)23-24(22(16)21)30-13-29-23/h6-7,9-10,17-18,21H,8,11-13H2,1-5H3. The number of methoxy groups -OCH3 is 4. The zero-order valence-electron chi connectivity index (χ0n) is 18.3. The summed E-state index contributed by atoms with van der Waals surface area (Å²) in [4.78, 5) is 0. The highest BCUT2D eigenvalue weighted by Gasteiger charge is 2.42. The molecule has 30 heavy (non-hydrogen) atoms. The molecule has 0 bridgehead atoms. The average molecular weight is 414 g/mol. The summed E-state index contributed by atoms with van der Waals surface area (Å²) in [7, 11) is 6.88. The Balaban J connectivity index is 1.94. The van der Waals surface area contributed by atoms with Crippen molar-refractivity contribution in [2.45, 2.75) is 19.3 Å². The number of rotatable bonds is 7. The fourth-order valence-electron chi connectivity index (χ4n) is 4.96. The molecular weight excluding hydrogens is 384 g/mol. The van der Waals surface area contributed by atoms with Gasteiger partial charge >= 0.3 is 0 Å². The topological polar surface area (TPSA) is 55.4 Å². The molecule has 2 aromatic rings. The zero-order chi connectivity index (χ0) is 21.3. The summed E-state index contributed by atoms with van der Waals surface area (Å²) in [6.45, 7) is 3.53. The van der Waals surface area contributed by atoms with Gasteiger partial charge in [0.15, 0.2) is 11.5 Å². The van der Waals surface area contributed by atoms with Crippen molar-refractivity contribution in [2.24, 2.45) is 11.8 Å². The highest BCUT2D eigenvalue weighted by atomic mass is 16.7. The van der Waals surface area contributed by atoms with E-state index in [-0.39, 0.29) is 18.6 Å². The molecule has 162 valence electrons. The first-order valence-electron chi connectivity index (χ1n) is 10.2. The Hall–Kier alpha value is -2.44. The van der Waals surface area contributed by atoms with Crippen LogP contribution in [0.1, 0.15) is 28.2 Å². The molecule has 3 unspecified atom stereocenters. The van der Waals surface area contributed by atoms with Crippen LogP contribution in [0.2, 0.25) is 0 Å². The maximum atomic E-state index is 5.99. The van der Waals surface area contributed by atoms with Gasteiger partial charge in [-0.1, -0.05) is 12.1 Å². The van der Waals surface area contributed by atoms with Crippen LogP contribution in [0.4, 0.5) is 0 Å². The Kier molecular flexibility index (Phi) is 6.06. The van der Waals surface area contributed by atoms with Crippen LogP contribution in [0.5, 0.6) is 23.0 Å². The van der Waals surface area contributed by atoms with Crippen LogP contribution >= 0.6 is 0 Å². The SMILES string of the molecule is COCC1Cc2cc(OC)c3c(c2C(c2ccc(C)c(OC)c2)C1COC)OCO3. The first-order valence-corrected chi connectivity index (χ1v) is 10.2. The molecular formula is C24H30O6. The Morgan fingerprint density at radius 1 is 0.900 bits per heavy atom. The Labute approximate surface area is 178 Å². The number of aryl methyl sites for hydroxylation is 1. The van der Waals surface area contributed by atoms with E-state index in [0.717, 1.165) is 29.0 Å². The molecule has 1 heterocycles. The second-order valence-electron chi connectivity index (χ2n) is 7.96. The summed E-state index contributed by atoms with van der Waals surface area (Å²) in [5.41, 5.74) is 4.64. The summed E-state index contributed by atoms with van der Waals surface area (Å²) in [6.07, 6.45) is 0.865. The van der Waals surface area contributed by atoms with Gasteiger partial charge in [-0.05, 0) is 54.0 Å². The van der Waals surface area contributed by atoms with Gasteiger partial charge in [0.05, 0.1) is 20.8 Å². The molecule has 6 heteroatoms. The normalized spacial score (nSPS) is 22.0. The summed E-state index contributed by atoms with van der Waals surface area (Å²) in [5, 5.41) is 0. The van der Waals surface area contributed by atoms with Gasteiger partial charge < -0.3 is 28.4 Å². The van der Waals surface area contributed by atoms with Crippen molar-refractivity contribution in [1.29, 1.82) is 0 Å². The van der Waals surface area contributed by atoms with Crippen LogP contribution in [0.15, 0.2) is 24.3 Å². The van der Waals surface area contributed by atoms with E-state index in [0.29, 0.717) is 30.6 Å². The summed E-state index contributed by atoms with van der Waals surface area (Å²) in [6, 6.07) is 8.51. The van der Waals surface area contributed by atoms with Crippen molar-refractivity contribution in [2.75, 3.05) is 48.4 Å². The smallest absolute Gasteiger partial charge is 0.231 e. The van der Waals surface area contributed by atoms with Gasteiger partial charge in [0, 0.05) is 32.3 Å². The number of ether oxygens (including phenoxy) is 6. The predicted octanol–water partition coefficient (Wildman–Crippen LogP) is 3.95. The first-order chi connectivity index (χ1) is 14.6. The van der Waals surface area contributed by atoms with Crippen LogP contribution in [0, 0.1) is 18.8 Å². The van der Waals surface area contributed by atoms with Gasteiger partial charge in [0.2, 0.25) is 12.5 Å². The number of fused-ring (bicyclic) bond motifs is 3. The van der Waals surface area contributed by atoms with Gasteiger partial charge in [-0.25, -0.2) is 0 Å². The first kappa shape index (κ1) is 20.8. The number of benzene rings is 2. The molecule has 2 aromatic carbocycles. The van der Waals surface area contributed by atoms with Crippen molar-refractivity contribution >= 4 is 0 Å². The molecule has 4 rings (SSSR count). The largest absolute Gasteiger partial charge is 0.496 e. The van der Waals surface area contributed by atoms with E-state index in [1.54, 1.807) is 28.4 Å². The van der Waals surface area contributed by atoms with Gasteiger partial charge in [0.1, 0.15) is 5.75 Å². The molecule has 0 radical (unpaired) electrons. The van der Waals surface area contributed by atoms with Crippen LogP contribution in [-0.4, -0.2) is 48.4 Å². The third kappa shape index (κ3) is 3.48. The predicted molar refractivity (Wildman–Crippen MR) is 113 cm³/mol. The molecule has 0 fully saturated rings. The average Bonchev–Trinajstić information content (AvgIpc) is 3.24. The van der Waals surface area contributed by atoms with Crippen molar-refractivity contribution in [3.05, 3.63) is 46.5 Å². The van der Waals surface area contributed by atoms with Crippen molar-refractivity contribution in [3.8, 4) is 23.0 Å². The fraction of sp³-hybridized carbons (Fsp3) is 0.500. The number of hydrogen-bond donors (Lipinski definition) is 0. The van der Waals surface area contributed by atoms with Gasteiger partial charge in [-0.15, -0.1) is 0 Å². The molecule has 3 atom stereocenters. The highest BCUT2D eigenvalue weighted by molar-refractivity contribution is 5.64.